The molecule has 0 aliphatic carbocycles. The molecule has 0 saturated carbocycles. The van der Waals surface area contributed by atoms with Crippen molar-refractivity contribution in [3.8, 4) is 0 Å². The normalized spacial score (nSPS) is 23.9. The van der Waals surface area contributed by atoms with E-state index in [9.17, 15) is 0 Å². The van der Waals surface area contributed by atoms with Crippen LogP contribution in [0.3, 0.4) is 0 Å². The molecular weight excluding hydrogens is 134 g/mol. The highest BCUT2D eigenvalue weighted by atomic mass is 15.1. The summed E-state index contributed by atoms with van der Waals surface area (Å²) in [5.41, 5.74) is 1.82. The highest BCUT2D eigenvalue weighted by Crippen LogP contribution is 2.32. The van der Waals surface area contributed by atoms with Gasteiger partial charge in [-0.2, -0.15) is 0 Å². The summed E-state index contributed by atoms with van der Waals surface area (Å²) in [6.07, 6.45) is 2.48. The number of nitrogens with zero attached hydrogens (tertiary/aromatic N) is 1. The van der Waals surface area contributed by atoms with E-state index in [0.29, 0.717) is 5.41 Å². The van der Waals surface area contributed by atoms with Gasteiger partial charge in [0, 0.05) is 18.8 Å². The van der Waals surface area contributed by atoms with Gasteiger partial charge in [-0.3, -0.25) is 0 Å². The lowest BCUT2D eigenvalue weighted by Crippen LogP contribution is -2.37. The molecule has 0 aromatic carbocycles. The van der Waals surface area contributed by atoms with E-state index >= 15 is 0 Å². The first kappa shape index (κ1) is 8.63. The van der Waals surface area contributed by atoms with Gasteiger partial charge in [-0.05, 0) is 25.2 Å². The van der Waals surface area contributed by atoms with Gasteiger partial charge in [-0.1, -0.05) is 20.4 Å². The molecule has 1 heteroatoms. The molecule has 0 radical (unpaired) electrons. The van der Waals surface area contributed by atoms with E-state index in [0.717, 1.165) is 6.54 Å². The van der Waals surface area contributed by atoms with Crippen molar-refractivity contribution in [1.82, 2.24) is 4.90 Å². The van der Waals surface area contributed by atoms with Crippen molar-refractivity contribution in [2.24, 2.45) is 5.41 Å². The molecule has 1 fully saturated rings. The molecule has 0 aromatic heterocycles. The van der Waals surface area contributed by atoms with E-state index in [1.54, 1.807) is 0 Å². The van der Waals surface area contributed by atoms with Crippen LogP contribution in [0.1, 0.15) is 33.6 Å². The predicted molar refractivity (Wildman–Crippen MR) is 49.4 cm³/mol. The zero-order valence-electron chi connectivity index (χ0n) is 7.98. The quantitative estimate of drug-likeness (QED) is 0.560. The standard InChI is InChI=1S/C10H19N/c1-5-11-8-10(3,4)7-6-9(11)2/h2,5-8H2,1,3-4H3. The third-order valence-electron chi connectivity index (χ3n) is 2.54. The Labute approximate surface area is 70.1 Å². The van der Waals surface area contributed by atoms with E-state index in [2.05, 4.69) is 32.3 Å². The van der Waals surface area contributed by atoms with Gasteiger partial charge in [0.15, 0.2) is 0 Å². The van der Waals surface area contributed by atoms with Crippen molar-refractivity contribution < 1.29 is 0 Å². The van der Waals surface area contributed by atoms with Gasteiger partial charge in [-0.15, -0.1) is 0 Å². The van der Waals surface area contributed by atoms with Gasteiger partial charge in [0.25, 0.3) is 0 Å². The van der Waals surface area contributed by atoms with Gasteiger partial charge in [0.1, 0.15) is 0 Å². The Balaban J connectivity index is 2.58. The van der Waals surface area contributed by atoms with Crippen LogP contribution < -0.4 is 0 Å². The Morgan fingerprint density at radius 1 is 1.55 bits per heavy atom. The maximum Gasteiger partial charge on any atom is 0.0226 e. The maximum absolute atomic E-state index is 4.06. The number of rotatable bonds is 1. The summed E-state index contributed by atoms with van der Waals surface area (Å²) in [7, 11) is 0. The summed E-state index contributed by atoms with van der Waals surface area (Å²) in [5.74, 6) is 0. The molecule has 1 aliphatic heterocycles. The van der Waals surface area contributed by atoms with Crippen LogP contribution in [-0.2, 0) is 0 Å². The highest BCUT2D eigenvalue weighted by Gasteiger charge is 2.26. The second-order valence-electron chi connectivity index (χ2n) is 4.24. The first-order chi connectivity index (χ1) is 5.05. The van der Waals surface area contributed by atoms with Gasteiger partial charge >= 0.3 is 0 Å². The van der Waals surface area contributed by atoms with E-state index in [1.807, 2.05) is 0 Å². The van der Waals surface area contributed by atoms with Crippen molar-refractivity contribution in [3.05, 3.63) is 12.3 Å². The summed E-state index contributed by atoms with van der Waals surface area (Å²) in [6.45, 7) is 13.2. The van der Waals surface area contributed by atoms with Gasteiger partial charge < -0.3 is 4.90 Å². The summed E-state index contributed by atoms with van der Waals surface area (Å²) < 4.78 is 0. The lowest BCUT2D eigenvalue weighted by Gasteiger charge is -2.40. The molecule has 11 heavy (non-hydrogen) atoms. The molecule has 0 unspecified atom stereocenters. The van der Waals surface area contributed by atoms with E-state index in [-0.39, 0.29) is 0 Å². The van der Waals surface area contributed by atoms with Crippen LogP contribution in [0, 0.1) is 5.41 Å². The SMILES string of the molecule is C=C1CCC(C)(C)CN1CC. The Kier molecular flexibility index (Phi) is 2.26. The average Bonchev–Trinajstić information content (AvgIpc) is 1.94. The number of hydrogen-bond acceptors (Lipinski definition) is 1. The monoisotopic (exact) mass is 153 g/mol. The van der Waals surface area contributed by atoms with E-state index in [1.165, 1.54) is 25.1 Å². The smallest absolute Gasteiger partial charge is 0.0226 e. The molecule has 0 N–H and O–H groups in total. The zero-order valence-corrected chi connectivity index (χ0v) is 7.98. The van der Waals surface area contributed by atoms with Gasteiger partial charge in [0.2, 0.25) is 0 Å². The van der Waals surface area contributed by atoms with E-state index < -0.39 is 0 Å². The summed E-state index contributed by atoms with van der Waals surface area (Å²) in [4.78, 5) is 2.39. The number of likely N-dealkylation sites (tertiary alicyclic amines) is 1. The molecule has 1 aliphatic rings. The maximum atomic E-state index is 4.06. The van der Waals surface area contributed by atoms with Crippen molar-refractivity contribution in [2.45, 2.75) is 33.6 Å². The Bertz CT molecular complexity index is 158. The number of hydrogen-bond donors (Lipinski definition) is 0. The Morgan fingerprint density at radius 2 is 2.18 bits per heavy atom. The van der Waals surface area contributed by atoms with Crippen molar-refractivity contribution in [1.29, 1.82) is 0 Å². The minimum absolute atomic E-state index is 0.497. The third kappa shape index (κ3) is 1.98. The minimum Gasteiger partial charge on any atom is -0.375 e. The second-order valence-corrected chi connectivity index (χ2v) is 4.24. The van der Waals surface area contributed by atoms with E-state index in [4.69, 9.17) is 0 Å². The molecule has 0 bridgehead atoms. The third-order valence-corrected chi connectivity index (χ3v) is 2.54. The van der Waals surface area contributed by atoms with Gasteiger partial charge in [-0.25, -0.2) is 0 Å². The van der Waals surface area contributed by atoms with Crippen LogP contribution in [0.2, 0.25) is 0 Å². The van der Waals surface area contributed by atoms with Crippen LogP contribution in [-0.4, -0.2) is 18.0 Å². The number of allylic oxidation sites excluding steroid dienone is 1. The predicted octanol–water partition coefficient (Wildman–Crippen LogP) is 2.64. The minimum atomic E-state index is 0.497. The molecule has 64 valence electrons. The van der Waals surface area contributed by atoms with Crippen molar-refractivity contribution in [2.75, 3.05) is 13.1 Å². The van der Waals surface area contributed by atoms with Crippen LogP contribution in [0.25, 0.3) is 0 Å². The van der Waals surface area contributed by atoms with Crippen LogP contribution in [0.15, 0.2) is 12.3 Å². The fourth-order valence-electron chi connectivity index (χ4n) is 1.68. The second kappa shape index (κ2) is 2.88. The summed E-state index contributed by atoms with van der Waals surface area (Å²) in [5, 5.41) is 0. The molecule has 0 spiro atoms. The zero-order chi connectivity index (χ0) is 8.48. The van der Waals surface area contributed by atoms with Gasteiger partial charge in [0.05, 0.1) is 0 Å². The summed E-state index contributed by atoms with van der Waals surface area (Å²) in [6, 6.07) is 0. The number of piperidine rings is 1. The largest absolute Gasteiger partial charge is 0.375 e. The highest BCUT2D eigenvalue weighted by molar-refractivity contribution is 5.00. The molecular formula is C10H19N. The fraction of sp³-hybridized carbons (Fsp3) is 0.800. The summed E-state index contributed by atoms with van der Waals surface area (Å²) >= 11 is 0. The molecule has 1 nitrogen and oxygen atoms in total. The molecule has 0 amide bonds. The Hall–Kier alpha value is -0.460. The van der Waals surface area contributed by atoms with Crippen molar-refractivity contribution >= 4 is 0 Å². The molecule has 0 aromatic rings. The van der Waals surface area contributed by atoms with Crippen LogP contribution in [0.5, 0.6) is 0 Å². The molecule has 1 rings (SSSR count). The Morgan fingerprint density at radius 3 is 2.64 bits per heavy atom. The van der Waals surface area contributed by atoms with Crippen molar-refractivity contribution in [3.63, 3.8) is 0 Å². The van der Waals surface area contributed by atoms with Crippen LogP contribution >= 0.6 is 0 Å². The van der Waals surface area contributed by atoms with Crippen LogP contribution in [0.4, 0.5) is 0 Å². The lowest BCUT2D eigenvalue weighted by atomic mass is 9.83. The first-order valence-corrected chi connectivity index (χ1v) is 4.48. The topological polar surface area (TPSA) is 3.24 Å². The molecule has 1 saturated heterocycles. The first-order valence-electron chi connectivity index (χ1n) is 4.48. The average molecular weight is 153 g/mol. The molecule has 0 atom stereocenters. The fourth-order valence-corrected chi connectivity index (χ4v) is 1.68. The lowest BCUT2D eigenvalue weighted by molar-refractivity contribution is 0.165. The molecule has 1 heterocycles.